The van der Waals surface area contributed by atoms with Crippen molar-refractivity contribution in [2.75, 3.05) is 6.54 Å². The predicted molar refractivity (Wildman–Crippen MR) is 67.6 cm³/mol. The van der Waals surface area contributed by atoms with E-state index in [1.54, 1.807) is 0 Å². The highest BCUT2D eigenvalue weighted by Gasteiger charge is 2.20. The lowest BCUT2D eigenvalue weighted by molar-refractivity contribution is 0.0689. The zero-order valence-electron chi connectivity index (χ0n) is 10.9. The normalized spacial score (nSPS) is 11.1. The molecule has 1 amide bonds. The van der Waals surface area contributed by atoms with E-state index in [9.17, 15) is 9.59 Å². The highest BCUT2D eigenvalue weighted by molar-refractivity contribution is 6.03. The van der Waals surface area contributed by atoms with Crippen molar-refractivity contribution in [3.63, 3.8) is 0 Å². The van der Waals surface area contributed by atoms with Gasteiger partial charge in [0.25, 0.3) is 5.91 Å². The highest BCUT2D eigenvalue weighted by atomic mass is 16.4. The van der Waals surface area contributed by atoms with Gasteiger partial charge < -0.3 is 10.4 Å². The Kier molecular flexibility index (Phi) is 4.42. The zero-order chi connectivity index (χ0) is 13.8. The molecule has 0 aliphatic rings. The van der Waals surface area contributed by atoms with Gasteiger partial charge >= 0.3 is 5.97 Å². The van der Waals surface area contributed by atoms with Crippen LogP contribution in [0.15, 0.2) is 18.3 Å². The van der Waals surface area contributed by atoms with Crippen LogP contribution in [0.25, 0.3) is 0 Å². The Morgan fingerprint density at radius 2 is 2.11 bits per heavy atom. The summed E-state index contributed by atoms with van der Waals surface area (Å²) in [5.41, 5.74) is -0.144. The standard InChI is InChI=1S/C13H18N2O3/c1-4-13(2,3)8-15-11(16)10-9(12(17)18)6-5-7-14-10/h5-7H,4,8H2,1-3H3,(H,15,16)(H,17,18). The van der Waals surface area contributed by atoms with E-state index in [-0.39, 0.29) is 16.7 Å². The molecule has 0 saturated heterocycles. The Labute approximate surface area is 106 Å². The third-order valence-electron chi connectivity index (χ3n) is 2.94. The van der Waals surface area contributed by atoms with Crippen LogP contribution in [-0.4, -0.2) is 28.5 Å². The van der Waals surface area contributed by atoms with Crippen molar-refractivity contribution in [2.24, 2.45) is 5.41 Å². The molecule has 0 atom stereocenters. The zero-order valence-corrected chi connectivity index (χ0v) is 10.9. The number of rotatable bonds is 5. The van der Waals surface area contributed by atoms with E-state index >= 15 is 0 Å². The molecule has 18 heavy (non-hydrogen) atoms. The Balaban J connectivity index is 2.82. The number of aromatic nitrogens is 1. The minimum absolute atomic E-state index is 0.0200. The molecule has 1 aromatic rings. The van der Waals surface area contributed by atoms with E-state index in [0.717, 1.165) is 6.42 Å². The van der Waals surface area contributed by atoms with Gasteiger partial charge in [-0.2, -0.15) is 0 Å². The number of amides is 1. The molecule has 2 N–H and O–H groups in total. The molecule has 1 rings (SSSR count). The summed E-state index contributed by atoms with van der Waals surface area (Å²) in [5, 5.41) is 11.7. The molecular formula is C13H18N2O3. The molecule has 0 aromatic carbocycles. The van der Waals surface area contributed by atoms with Crippen molar-refractivity contribution in [3.05, 3.63) is 29.6 Å². The Hall–Kier alpha value is -1.91. The lowest BCUT2D eigenvalue weighted by Gasteiger charge is -2.22. The Bertz CT molecular complexity index is 455. The first-order valence-corrected chi connectivity index (χ1v) is 5.84. The van der Waals surface area contributed by atoms with Crippen LogP contribution in [0.4, 0.5) is 0 Å². The summed E-state index contributed by atoms with van der Waals surface area (Å²) >= 11 is 0. The summed E-state index contributed by atoms with van der Waals surface area (Å²) in [6, 6.07) is 2.87. The highest BCUT2D eigenvalue weighted by Crippen LogP contribution is 2.18. The first-order chi connectivity index (χ1) is 8.37. The quantitative estimate of drug-likeness (QED) is 0.837. The van der Waals surface area contributed by atoms with Gasteiger partial charge in [0.1, 0.15) is 5.69 Å². The molecule has 98 valence electrons. The molecule has 0 unspecified atom stereocenters. The number of carbonyl (C=O) groups excluding carboxylic acids is 1. The molecule has 0 aliphatic carbocycles. The first-order valence-electron chi connectivity index (χ1n) is 5.84. The third-order valence-corrected chi connectivity index (χ3v) is 2.94. The van der Waals surface area contributed by atoms with Crippen molar-refractivity contribution in [2.45, 2.75) is 27.2 Å². The van der Waals surface area contributed by atoms with Crippen LogP contribution >= 0.6 is 0 Å². The second kappa shape index (κ2) is 5.62. The SMILES string of the molecule is CCC(C)(C)CNC(=O)c1ncccc1C(=O)O. The van der Waals surface area contributed by atoms with Gasteiger partial charge in [0, 0.05) is 12.7 Å². The van der Waals surface area contributed by atoms with E-state index in [1.807, 2.05) is 20.8 Å². The molecule has 0 spiro atoms. The number of carbonyl (C=O) groups is 2. The summed E-state index contributed by atoms with van der Waals surface area (Å²) < 4.78 is 0. The van der Waals surface area contributed by atoms with Crippen molar-refractivity contribution in [1.82, 2.24) is 10.3 Å². The molecule has 1 heterocycles. The number of aromatic carboxylic acids is 1. The number of hydrogen-bond donors (Lipinski definition) is 2. The van der Waals surface area contributed by atoms with Gasteiger partial charge in [0.05, 0.1) is 5.56 Å². The van der Waals surface area contributed by atoms with Crippen LogP contribution in [0, 0.1) is 5.41 Å². The van der Waals surface area contributed by atoms with E-state index in [1.165, 1.54) is 18.3 Å². The van der Waals surface area contributed by atoms with Gasteiger partial charge in [-0.15, -0.1) is 0 Å². The molecule has 0 fully saturated rings. The molecule has 1 aromatic heterocycles. The van der Waals surface area contributed by atoms with E-state index in [4.69, 9.17) is 5.11 Å². The summed E-state index contributed by atoms with van der Waals surface area (Å²) in [5.74, 6) is -1.60. The monoisotopic (exact) mass is 250 g/mol. The van der Waals surface area contributed by atoms with Crippen LogP contribution in [0.2, 0.25) is 0 Å². The van der Waals surface area contributed by atoms with Gasteiger partial charge in [-0.05, 0) is 24.0 Å². The molecular weight excluding hydrogens is 232 g/mol. The lowest BCUT2D eigenvalue weighted by Crippen LogP contribution is -2.34. The van der Waals surface area contributed by atoms with Gasteiger partial charge in [-0.25, -0.2) is 4.79 Å². The van der Waals surface area contributed by atoms with Crippen LogP contribution in [0.5, 0.6) is 0 Å². The topological polar surface area (TPSA) is 79.3 Å². The van der Waals surface area contributed by atoms with Crippen molar-refractivity contribution in [3.8, 4) is 0 Å². The summed E-state index contributed by atoms with van der Waals surface area (Å²) in [6.45, 7) is 6.58. The molecule has 0 radical (unpaired) electrons. The molecule has 5 nitrogen and oxygen atoms in total. The average Bonchev–Trinajstić information content (AvgIpc) is 2.36. The third kappa shape index (κ3) is 3.55. The fraction of sp³-hybridized carbons (Fsp3) is 0.462. The summed E-state index contributed by atoms with van der Waals surface area (Å²) in [6.07, 6.45) is 2.33. The number of carboxylic acid groups (broad SMARTS) is 1. The second-order valence-electron chi connectivity index (χ2n) is 4.91. The minimum Gasteiger partial charge on any atom is -0.478 e. The fourth-order valence-corrected chi connectivity index (χ4v) is 1.29. The van der Waals surface area contributed by atoms with Crippen molar-refractivity contribution < 1.29 is 14.7 Å². The smallest absolute Gasteiger partial charge is 0.338 e. The minimum atomic E-state index is -1.15. The van der Waals surface area contributed by atoms with Crippen LogP contribution in [-0.2, 0) is 0 Å². The van der Waals surface area contributed by atoms with E-state index in [2.05, 4.69) is 10.3 Å². The maximum absolute atomic E-state index is 11.9. The van der Waals surface area contributed by atoms with Crippen molar-refractivity contribution >= 4 is 11.9 Å². The van der Waals surface area contributed by atoms with Crippen LogP contribution in [0.3, 0.4) is 0 Å². The fourth-order valence-electron chi connectivity index (χ4n) is 1.29. The van der Waals surface area contributed by atoms with Gasteiger partial charge in [0.2, 0.25) is 0 Å². The molecule has 5 heteroatoms. The number of carboxylic acids is 1. The number of hydrogen-bond acceptors (Lipinski definition) is 3. The van der Waals surface area contributed by atoms with E-state index in [0.29, 0.717) is 6.54 Å². The Morgan fingerprint density at radius 3 is 2.67 bits per heavy atom. The average molecular weight is 250 g/mol. The number of nitrogens with one attached hydrogen (secondary N) is 1. The maximum atomic E-state index is 11.9. The van der Waals surface area contributed by atoms with Gasteiger partial charge in [-0.1, -0.05) is 20.8 Å². The summed E-state index contributed by atoms with van der Waals surface area (Å²) in [7, 11) is 0. The van der Waals surface area contributed by atoms with Gasteiger partial charge in [-0.3, -0.25) is 9.78 Å². The summed E-state index contributed by atoms with van der Waals surface area (Å²) in [4.78, 5) is 26.7. The molecule has 0 bridgehead atoms. The predicted octanol–water partition coefficient (Wildman–Crippen LogP) is 1.95. The van der Waals surface area contributed by atoms with Gasteiger partial charge in [0.15, 0.2) is 0 Å². The number of nitrogens with zero attached hydrogens (tertiary/aromatic N) is 1. The van der Waals surface area contributed by atoms with E-state index < -0.39 is 11.9 Å². The molecule has 0 saturated carbocycles. The number of pyridine rings is 1. The Morgan fingerprint density at radius 1 is 1.44 bits per heavy atom. The van der Waals surface area contributed by atoms with Crippen LogP contribution < -0.4 is 5.32 Å². The molecule has 0 aliphatic heterocycles. The van der Waals surface area contributed by atoms with Crippen molar-refractivity contribution in [1.29, 1.82) is 0 Å². The first kappa shape index (κ1) is 14.2. The second-order valence-corrected chi connectivity index (χ2v) is 4.91. The van der Waals surface area contributed by atoms with Crippen LogP contribution in [0.1, 0.15) is 48.0 Å². The lowest BCUT2D eigenvalue weighted by atomic mass is 9.90. The largest absolute Gasteiger partial charge is 0.478 e. The maximum Gasteiger partial charge on any atom is 0.338 e.